The molecule has 2 aromatic heterocycles. The van der Waals surface area contributed by atoms with E-state index in [1.807, 2.05) is 66.8 Å². The molecule has 8 nitrogen and oxygen atoms in total. The van der Waals surface area contributed by atoms with Gasteiger partial charge in [-0.05, 0) is 58.3 Å². The molecule has 0 saturated carbocycles. The number of carbonyl (C=O) groups excluding carboxylic acids is 2. The molecule has 0 radical (unpaired) electrons. The van der Waals surface area contributed by atoms with Crippen molar-refractivity contribution in [3.63, 3.8) is 0 Å². The van der Waals surface area contributed by atoms with Gasteiger partial charge in [-0.3, -0.25) is 19.6 Å². The summed E-state index contributed by atoms with van der Waals surface area (Å²) in [5.74, 6) is -0.906. The smallest absolute Gasteiger partial charge is 0.261 e. The molecule has 1 aliphatic rings. The third kappa shape index (κ3) is 3.80. The van der Waals surface area contributed by atoms with Gasteiger partial charge >= 0.3 is 0 Å². The molecule has 4 aromatic rings. The molecule has 3 heterocycles. The van der Waals surface area contributed by atoms with Gasteiger partial charge in [0.25, 0.3) is 11.8 Å². The predicted octanol–water partition coefficient (Wildman–Crippen LogP) is 3.40. The minimum absolute atomic E-state index is 0.273. The number of para-hydroxylation sites is 1. The lowest BCUT2D eigenvalue weighted by Crippen LogP contribution is -2.22. The van der Waals surface area contributed by atoms with Crippen molar-refractivity contribution in [2.75, 3.05) is 20.6 Å². The van der Waals surface area contributed by atoms with E-state index < -0.39 is 11.8 Å². The maximum absolute atomic E-state index is 13.2. The number of imide groups is 1. The zero-order valence-electron chi connectivity index (χ0n) is 20.0. The van der Waals surface area contributed by atoms with Gasteiger partial charge < -0.3 is 9.47 Å². The van der Waals surface area contributed by atoms with Crippen LogP contribution in [0.5, 0.6) is 0 Å². The van der Waals surface area contributed by atoms with Crippen molar-refractivity contribution >= 4 is 44.8 Å². The van der Waals surface area contributed by atoms with Crippen LogP contribution in [0.2, 0.25) is 0 Å². The lowest BCUT2D eigenvalue weighted by atomic mass is 9.97. The largest absolute Gasteiger partial charge is 0.347 e. The Morgan fingerprint density at radius 3 is 2.54 bits per heavy atom. The summed E-state index contributed by atoms with van der Waals surface area (Å²) in [5, 5.41) is 18.4. The van der Waals surface area contributed by atoms with Gasteiger partial charge in [-0.25, -0.2) is 0 Å². The van der Waals surface area contributed by atoms with E-state index in [2.05, 4.69) is 16.3 Å². The number of fused-ring (bicyclic) bond motifs is 2. The molecule has 0 aliphatic carbocycles. The Labute approximate surface area is 203 Å². The van der Waals surface area contributed by atoms with Crippen LogP contribution in [0.3, 0.4) is 0 Å². The SMILES string of the molecule is CCn1cc(C2=C(c3nn(CCCN(C)C)c4ccccc34)C(=O)NC2=O)c2cc(C#N)ccc21. The first-order valence-corrected chi connectivity index (χ1v) is 11.7. The number of hydrogen-bond donors (Lipinski definition) is 1. The summed E-state index contributed by atoms with van der Waals surface area (Å²) in [6, 6.07) is 15.4. The van der Waals surface area contributed by atoms with Gasteiger partial charge in [0.15, 0.2) is 0 Å². The second kappa shape index (κ2) is 8.85. The molecule has 5 rings (SSSR count). The molecule has 35 heavy (non-hydrogen) atoms. The quantitative estimate of drug-likeness (QED) is 0.421. The number of aryl methyl sites for hydroxylation is 2. The van der Waals surface area contributed by atoms with E-state index in [-0.39, 0.29) is 5.57 Å². The van der Waals surface area contributed by atoms with E-state index >= 15 is 0 Å². The average Bonchev–Trinajstić information content (AvgIpc) is 3.48. The molecule has 0 spiro atoms. The predicted molar refractivity (Wildman–Crippen MR) is 135 cm³/mol. The van der Waals surface area contributed by atoms with Crippen LogP contribution in [0, 0.1) is 11.3 Å². The fourth-order valence-corrected chi connectivity index (χ4v) is 4.78. The molecule has 0 bridgehead atoms. The summed E-state index contributed by atoms with van der Waals surface area (Å²) in [5.41, 5.74) is 4.01. The molecule has 0 fully saturated rings. The number of benzene rings is 2. The van der Waals surface area contributed by atoms with Crippen LogP contribution in [0.25, 0.3) is 33.0 Å². The highest BCUT2D eigenvalue weighted by Gasteiger charge is 2.36. The minimum Gasteiger partial charge on any atom is -0.347 e. The number of nitrogens with one attached hydrogen (secondary N) is 1. The molecule has 8 heteroatoms. The number of amides is 2. The summed E-state index contributed by atoms with van der Waals surface area (Å²) in [4.78, 5) is 28.4. The Bertz CT molecular complexity index is 1560. The second-order valence-corrected chi connectivity index (χ2v) is 8.95. The van der Waals surface area contributed by atoms with Crippen LogP contribution in [0.1, 0.15) is 30.2 Å². The van der Waals surface area contributed by atoms with Crippen LogP contribution in [-0.2, 0) is 22.7 Å². The minimum atomic E-state index is -0.456. The standard InChI is InChI=1S/C27H26N6O2/c1-4-32-16-20(19-14-17(15-28)10-11-21(19)32)23-24(27(35)29-26(23)34)25-18-8-5-6-9-22(18)33(30-25)13-7-12-31(2)3/h5-6,8-11,14,16H,4,7,12-13H2,1-3H3,(H,29,34,35). The molecular weight excluding hydrogens is 440 g/mol. The Hall–Kier alpha value is -4.22. The Morgan fingerprint density at radius 2 is 1.80 bits per heavy atom. The number of hydrogen-bond acceptors (Lipinski definition) is 5. The number of nitrogens with zero attached hydrogens (tertiary/aromatic N) is 5. The summed E-state index contributed by atoms with van der Waals surface area (Å²) in [6.07, 6.45) is 2.78. The molecule has 0 unspecified atom stereocenters. The normalized spacial score (nSPS) is 13.9. The first-order chi connectivity index (χ1) is 16.9. The third-order valence-corrected chi connectivity index (χ3v) is 6.42. The van der Waals surface area contributed by atoms with Gasteiger partial charge in [0.05, 0.1) is 28.3 Å². The van der Waals surface area contributed by atoms with Crippen molar-refractivity contribution in [1.29, 1.82) is 5.26 Å². The Balaban J connectivity index is 1.75. The van der Waals surface area contributed by atoms with Gasteiger partial charge in [0, 0.05) is 41.1 Å². The molecule has 1 aliphatic heterocycles. The van der Waals surface area contributed by atoms with E-state index in [1.165, 1.54) is 0 Å². The lowest BCUT2D eigenvalue weighted by molar-refractivity contribution is -0.122. The lowest BCUT2D eigenvalue weighted by Gasteiger charge is -2.09. The molecule has 1 N–H and O–H groups in total. The van der Waals surface area contributed by atoms with E-state index in [0.29, 0.717) is 35.5 Å². The van der Waals surface area contributed by atoms with E-state index in [9.17, 15) is 14.9 Å². The van der Waals surface area contributed by atoms with Crippen molar-refractivity contribution in [2.24, 2.45) is 0 Å². The van der Waals surface area contributed by atoms with Crippen LogP contribution in [0.15, 0.2) is 48.7 Å². The number of nitriles is 1. The number of rotatable bonds is 7. The highest BCUT2D eigenvalue weighted by atomic mass is 16.2. The summed E-state index contributed by atoms with van der Waals surface area (Å²) in [7, 11) is 4.06. The van der Waals surface area contributed by atoms with Crippen LogP contribution in [0.4, 0.5) is 0 Å². The molecular formula is C27H26N6O2. The van der Waals surface area contributed by atoms with Gasteiger partial charge in [0.2, 0.25) is 0 Å². The summed E-state index contributed by atoms with van der Waals surface area (Å²) >= 11 is 0. The Kier molecular flexibility index (Phi) is 5.71. The summed E-state index contributed by atoms with van der Waals surface area (Å²) < 4.78 is 3.93. The van der Waals surface area contributed by atoms with Crippen LogP contribution in [-0.4, -0.2) is 51.7 Å². The fourth-order valence-electron chi connectivity index (χ4n) is 4.78. The van der Waals surface area contributed by atoms with E-state index in [1.54, 1.807) is 12.1 Å². The maximum atomic E-state index is 13.2. The monoisotopic (exact) mass is 466 g/mol. The van der Waals surface area contributed by atoms with Gasteiger partial charge in [-0.15, -0.1) is 0 Å². The zero-order chi connectivity index (χ0) is 24.7. The third-order valence-electron chi connectivity index (χ3n) is 6.42. The molecule has 176 valence electrons. The molecule has 0 saturated heterocycles. The van der Waals surface area contributed by atoms with Crippen molar-refractivity contribution in [1.82, 2.24) is 24.6 Å². The van der Waals surface area contributed by atoms with Crippen molar-refractivity contribution in [3.8, 4) is 6.07 Å². The highest BCUT2D eigenvalue weighted by Crippen LogP contribution is 2.38. The molecule has 0 atom stereocenters. The molecule has 2 amide bonds. The van der Waals surface area contributed by atoms with Crippen molar-refractivity contribution in [2.45, 2.75) is 26.4 Å². The van der Waals surface area contributed by atoms with Crippen LogP contribution < -0.4 is 5.32 Å². The number of carbonyl (C=O) groups is 2. The zero-order valence-corrected chi connectivity index (χ0v) is 20.0. The van der Waals surface area contributed by atoms with Gasteiger partial charge in [-0.1, -0.05) is 18.2 Å². The second-order valence-electron chi connectivity index (χ2n) is 8.95. The van der Waals surface area contributed by atoms with E-state index in [4.69, 9.17) is 5.10 Å². The maximum Gasteiger partial charge on any atom is 0.261 e. The van der Waals surface area contributed by atoms with Crippen molar-refractivity contribution < 1.29 is 9.59 Å². The topological polar surface area (TPSA) is 95.9 Å². The molecule has 2 aromatic carbocycles. The van der Waals surface area contributed by atoms with E-state index in [0.717, 1.165) is 34.8 Å². The highest BCUT2D eigenvalue weighted by molar-refractivity contribution is 6.50. The van der Waals surface area contributed by atoms with Crippen LogP contribution >= 0.6 is 0 Å². The fraction of sp³-hybridized carbons (Fsp3) is 0.259. The number of aromatic nitrogens is 3. The first-order valence-electron chi connectivity index (χ1n) is 11.7. The van der Waals surface area contributed by atoms with Gasteiger partial charge in [0.1, 0.15) is 5.69 Å². The van der Waals surface area contributed by atoms with Gasteiger partial charge in [-0.2, -0.15) is 10.4 Å². The first kappa shape index (κ1) is 22.6. The average molecular weight is 467 g/mol. The van der Waals surface area contributed by atoms with Crippen molar-refractivity contribution in [3.05, 3.63) is 65.5 Å². The Morgan fingerprint density at radius 1 is 1.03 bits per heavy atom. The summed E-state index contributed by atoms with van der Waals surface area (Å²) in [6.45, 7) is 4.30.